The maximum atomic E-state index is 12.6. The Morgan fingerprint density at radius 2 is 1.64 bits per heavy atom. The van der Waals surface area contributed by atoms with Gasteiger partial charge in [0.2, 0.25) is 0 Å². The van der Waals surface area contributed by atoms with E-state index < -0.39 is 10.0 Å². The van der Waals surface area contributed by atoms with Crippen LogP contribution in [-0.4, -0.2) is 63.5 Å². The third-order valence-electron chi connectivity index (χ3n) is 6.24. The number of carbonyl (C=O) groups excluding carboxylic acids is 1. The number of hydrogen-bond acceptors (Lipinski definition) is 7. The second kappa shape index (κ2) is 12.7. The molecule has 1 aliphatic rings. The van der Waals surface area contributed by atoms with E-state index in [0.717, 1.165) is 48.1 Å². The zero-order valence-electron chi connectivity index (χ0n) is 20.6. The monoisotopic (exact) mass is 625 g/mol. The van der Waals surface area contributed by atoms with E-state index in [1.165, 1.54) is 24.3 Å². The molecule has 8 nitrogen and oxygen atoms in total. The normalized spacial score (nSPS) is 14.2. The van der Waals surface area contributed by atoms with Crippen LogP contribution in [-0.2, 0) is 10.0 Å². The largest absolute Gasteiger partial charge is 0.351 e. The van der Waals surface area contributed by atoms with E-state index in [2.05, 4.69) is 19.8 Å². The van der Waals surface area contributed by atoms with Crippen molar-refractivity contribution in [3.63, 3.8) is 0 Å². The van der Waals surface area contributed by atoms with Crippen LogP contribution in [0.5, 0.6) is 0 Å². The number of carbonyl (C=O) groups is 1. The van der Waals surface area contributed by atoms with Crippen molar-refractivity contribution in [1.82, 2.24) is 15.2 Å². The summed E-state index contributed by atoms with van der Waals surface area (Å²) in [4.78, 5) is 22.0. The van der Waals surface area contributed by atoms with Crippen LogP contribution in [0.15, 0.2) is 71.6 Å². The number of halogens is 3. The summed E-state index contributed by atoms with van der Waals surface area (Å²) in [5, 5.41) is 5.06. The van der Waals surface area contributed by atoms with Crippen molar-refractivity contribution in [3.05, 3.63) is 82.3 Å². The predicted octanol–water partition coefficient (Wildman–Crippen LogP) is 5.38. The fourth-order valence-corrected chi connectivity index (χ4v) is 6.65. The molecular formula is C26H26Cl3N5O3S2. The van der Waals surface area contributed by atoms with Crippen molar-refractivity contribution in [3.8, 4) is 0 Å². The van der Waals surface area contributed by atoms with Crippen LogP contribution in [0.1, 0.15) is 10.4 Å². The standard InChI is InChI=1S/C26H25Cl2N5O3S2.ClH/c27-19-6-10-21(11-7-19)38(35,36)31-20-8-4-18(5-9-20)25(34)29-12-13-32-14-16-33(17-15-32)26-30-24-22(28)2-1-3-23(24)37-26;/h1-11,31H,12-17H2,(H,29,34);1H. The molecule has 39 heavy (non-hydrogen) atoms. The molecule has 1 saturated heterocycles. The summed E-state index contributed by atoms with van der Waals surface area (Å²) in [5.74, 6) is -0.206. The summed E-state index contributed by atoms with van der Waals surface area (Å²) < 4.78 is 28.7. The highest BCUT2D eigenvalue weighted by Gasteiger charge is 2.20. The maximum Gasteiger partial charge on any atom is 0.261 e. The van der Waals surface area contributed by atoms with Gasteiger partial charge in [-0.1, -0.05) is 40.6 Å². The quantitative estimate of drug-likeness (QED) is 0.273. The molecule has 5 rings (SSSR count). The first-order chi connectivity index (χ1) is 18.3. The molecule has 4 aromatic rings. The molecule has 13 heteroatoms. The Morgan fingerprint density at radius 1 is 0.949 bits per heavy atom. The minimum absolute atomic E-state index is 0. The molecule has 0 saturated carbocycles. The van der Waals surface area contributed by atoms with Crippen molar-refractivity contribution in [2.75, 3.05) is 48.9 Å². The first-order valence-corrected chi connectivity index (χ1v) is 15.0. The van der Waals surface area contributed by atoms with Gasteiger partial charge in [0.25, 0.3) is 15.9 Å². The van der Waals surface area contributed by atoms with E-state index >= 15 is 0 Å². The van der Waals surface area contributed by atoms with Gasteiger partial charge >= 0.3 is 0 Å². The molecule has 0 spiro atoms. The first-order valence-electron chi connectivity index (χ1n) is 12.0. The van der Waals surface area contributed by atoms with Gasteiger partial charge in [0, 0.05) is 55.5 Å². The summed E-state index contributed by atoms with van der Waals surface area (Å²) in [6, 6.07) is 18.1. The third kappa shape index (κ3) is 7.13. The molecule has 1 aromatic heterocycles. The number of nitrogens with one attached hydrogen (secondary N) is 2. The van der Waals surface area contributed by atoms with Crippen LogP contribution in [0, 0.1) is 0 Å². The number of aromatic nitrogens is 1. The number of piperazine rings is 1. The van der Waals surface area contributed by atoms with Crippen LogP contribution in [0.3, 0.4) is 0 Å². The smallest absolute Gasteiger partial charge is 0.261 e. The van der Waals surface area contributed by atoms with Crippen LogP contribution in [0.4, 0.5) is 10.8 Å². The molecule has 2 heterocycles. The SMILES string of the molecule is Cl.O=C(NCCN1CCN(c2nc3c(Cl)cccc3s2)CC1)c1ccc(NS(=O)(=O)c2ccc(Cl)cc2)cc1. The van der Waals surface area contributed by atoms with E-state index in [1.54, 1.807) is 35.6 Å². The number of benzene rings is 3. The van der Waals surface area contributed by atoms with Crippen molar-refractivity contribution in [1.29, 1.82) is 0 Å². The van der Waals surface area contributed by atoms with E-state index in [-0.39, 0.29) is 23.2 Å². The van der Waals surface area contributed by atoms with Gasteiger partial charge in [-0.15, -0.1) is 12.4 Å². The number of amides is 1. The lowest BCUT2D eigenvalue weighted by atomic mass is 10.2. The Balaban J connectivity index is 0.00000353. The van der Waals surface area contributed by atoms with Crippen molar-refractivity contribution < 1.29 is 13.2 Å². The number of anilines is 2. The number of para-hydroxylation sites is 1. The van der Waals surface area contributed by atoms with Crippen LogP contribution in [0.25, 0.3) is 10.2 Å². The Labute approximate surface area is 247 Å². The van der Waals surface area contributed by atoms with Gasteiger partial charge in [-0.25, -0.2) is 13.4 Å². The van der Waals surface area contributed by atoms with Crippen molar-refractivity contribution in [2.45, 2.75) is 4.90 Å². The Morgan fingerprint density at radius 3 is 2.31 bits per heavy atom. The molecule has 3 aromatic carbocycles. The summed E-state index contributed by atoms with van der Waals surface area (Å²) >= 11 is 13.8. The number of hydrogen-bond donors (Lipinski definition) is 2. The minimum atomic E-state index is -3.75. The topological polar surface area (TPSA) is 94.6 Å². The average Bonchev–Trinajstić information content (AvgIpc) is 3.35. The number of fused-ring (bicyclic) bond motifs is 1. The Hall–Kier alpha value is -2.60. The molecule has 1 aliphatic heterocycles. The molecule has 206 valence electrons. The Kier molecular flexibility index (Phi) is 9.58. The van der Waals surface area contributed by atoms with Gasteiger partial charge < -0.3 is 10.2 Å². The lowest BCUT2D eigenvalue weighted by Crippen LogP contribution is -2.48. The molecule has 2 N–H and O–H groups in total. The van der Waals surface area contributed by atoms with Gasteiger partial charge in [0.05, 0.1) is 14.6 Å². The highest BCUT2D eigenvalue weighted by atomic mass is 35.5. The third-order valence-corrected chi connectivity index (χ3v) is 9.27. The van der Waals surface area contributed by atoms with Crippen LogP contribution < -0.4 is 14.9 Å². The molecule has 1 fully saturated rings. The van der Waals surface area contributed by atoms with Gasteiger partial charge in [0.1, 0.15) is 5.52 Å². The van der Waals surface area contributed by atoms with Gasteiger partial charge in [-0.05, 0) is 60.7 Å². The minimum Gasteiger partial charge on any atom is -0.351 e. The fourth-order valence-electron chi connectivity index (χ4n) is 4.15. The maximum absolute atomic E-state index is 12.6. The molecule has 1 amide bonds. The van der Waals surface area contributed by atoms with E-state index in [0.29, 0.717) is 27.8 Å². The molecule has 0 atom stereocenters. The summed E-state index contributed by atoms with van der Waals surface area (Å²) in [5.41, 5.74) is 1.68. The summed E-state index contributed by atoms with van der Waals surface area (Å²) in [6.07, 6.45) is 0. The molecule has 0 unspecified atom stereocenters. The predicted molar refractivity (Wildman–Crippen MR) is 162 cm³/mol. The van der Waals surface area contributed by atoms with E-state index in [4.69, 9.17) is 28.2 Å². The first kappa shape index (κ1) is 29.4. The summed E-state index contributed by atoms with van der Waals surface area (Å²) in [6.45, 7) is 4.73. The molecular weight excluding hydrogens is 601 g/mol. The Bertz CT molecular complexity index is 1540. The van der Waals surface area contributed by atoms with Crippen LogP contribution >= 0.6 is 46.9 Å². The number of sulfonamides is 1. The second-order valence-corrected chi connectivity index (χ2v) is 12.3. The second-order valence-electron chi connectivity index (χ2n) is 8.80. The van der Waals surface area contributed by atoms with Crippen molar-refractivity contribution >= 4 is 83.9 Å². The lowest BCUT2D eigenvalue weighted by Gasteiger charge is -2.34. The lowest BCUT2D eigenvalue weighted by molar-refractivity contribution is 0.0948. The van der Waals surface area contributed by atoms with E-state index in [1.807, 2.05) is 18.2 Å². The van der Waals surface area contributed by atoms with Crippen LogP contribution in [0.2, 0.25) is 10.0 Å². The average molecular weight is 627 g/mol. The highest BCUT2D eigenvalue weighted by Crippen LogP contribution is 2.33. The number of nitrogens with zero attached hydrogens (tertiary/aromatic N) is 3. The fraction of sp³-hybridized carbons (Fsp3) is 0.231. The number of rotatable bonds is 8. The van der Waals surface area contributed by atoms with Crippen molar-refractivity contribution in [2.24, 2.45) is 0 Å². The van der Waals surface area contributed by atoms with Gasteiger partial charge in [0.15, 0.2) is 5.13 Å². The molecule has 0 aliphatic carbocycles. The van der Waals surface area contributed by atoms with Gasteiger partial charge in [-0.3, -0.25) is 14.4 Å². The number of thiazole rings is 1. The van der Waals surface area contributed by atoms with E-state index in [9.17, 15) is 13.2 Å². The summed E-state index contributed by atoms with van der Waals surface area (Å²) in [7, 11) is -3.75. The van der Waals surface area contributed by atoms with Gasteiger partial charge in [-0.2, -0.15) is 0 Å². The zero-order valence-corrected chi connectivity index (χ0v) is 24.6. The highest BCUT2D eigenvalue weighted by molar-refractivity contribution is 7.92. The molecule has 0 bridgehead atoms. The molecule has 0 radical (unpaired) electrons. The zero-order chi connectivity index (χ0) is 26.7.